The van der Waals surface area contributed by atoms with Gasteiger partial charge in [-0.15, -0.1) is 29.3 Å². The molecule has 0 radical (unpaired) electrons. The molecule has 0 spiro atoms. The van der Waals surface area contributed by atoms with E-state index in [0.29, 0.717) is 39.7 Å². The molecule has 2 heterocycles. The van der Waals surface area contributed by atoms with Gasteiger partial charge in [0, 0.05) is 64.6 Å². The number of aromatic nitrogens is 3. The third-order valence-electron chi connectivity index (χ3n) is 11.9. The van der Waals surface area contributed by atoms with Gasteiger partial charge in [-0.1, -0.05) is 193 Å². The van der Waals surface area contributed by atoms with Gasteiger partial charge in [-0.25, -0.2) is 4.98 Å². The van der Waals surface area contributed by atoms with Gasteiger partial charge in [-0.2, -0.15) is 0 Å². The fourth-order valence-electron chi connectivity index (χ4n) is 8.23. The Labute approximate surface area is 435 Å². The number of rotatable bonds is 7. The van der Waals surface area contributed by atoms with Gasteiger partial charge >= 0.3 is 0 Å². The number of benzene rings is 6. The fourth-order valence-corrected chi connectivity index (χ4v) is 8.23. The van der Waals surface area contributed by atoms with Crippen molar-refractivity contribution in [2.24, 2.45) is 0 Å². The Bertz CT molecular complexity index is 3700. The summed E-state index contributed by atoms with van der Waals surface area (Å²) in [6.07, 6.45) is 1.68. The third-order valence-corrected chi connectivity index (χ3v) is 11.9. The van der Waals surface area contributed by atoms with Crippen molar-refractivity contribution in [3.8, 4) is 67.5 Å². The molecule has 0 saturated heterocycles. The molecule has 0 unspecified atom stereocenters. The zero-order valence-corrected chi connectivity index (χ0v) is 40.6. The number of hydrogen-bond donors (Lipinski definition) is 1. The van der Waals surface area contributed by atoms with E-state index in [4.69, 9.17) is 36.0 Å². The maximum absolute atomic E-state index is 13.1. The first kappa shape index (κ1) is 29.2. The smallest absolute Gasteiger partial charge is 0.148 e. The molecule has 6 aromatic carbocycles. The molecule has 0 fully saturated rings. The molecule has 342 valence electrons. The summed E-state index contributed by atoms with van der Waals surface area (Å²) in [5.74, 6) is -2.59. The van der Waals surface area contributed by atoms with Crippen LogP contribution in [0.3, 0.4) is 0 Å². The van der Waals surface area contributed by atoms with Crippen LogP contribution in [0.25, 0.3) is 72.7 Å². The molecule has 5 heteroatoms. The fraction of sp³-hybridized carbons (Fsp3) is 0.311. The van der Waals surface area contributed by atoms with E-state index in [9.17, 15) is 5.11 Å². The summed E-state index contributed by atoms with van der Waals surface area (Å²) in [7, 11) is 0. The van der Waals surface area contributed by atoms with Crippen LogP contribution in [-0.2, 0) is 42.7 Å². The standard InChI is InChI=1S/C61H66N3O.Pt/c1-38(2)39-23-25-41(26-24-39)43-29-30-62-52(35-43)45-31-44(32-46(33-45)58(3,4)5)48-21-18-22-54-55(48)63-57(49-36-47(59(6,7)8)37-51(56(49)65)61(12,13)14)64(54)53-28-27-42(34-50(53)60(9,10)11)40-19-16-15-17-20-40;/h15-30,32-38,65H,1-14H3;/q-1;/i6D3,7D3,8D3,12D3,13D3,14D3,38D;. The van der Waals surface area contributed by atoms with Crippen molar-refractivity contribution in [3.05, 3.63) is 167 Å². The Morgan fingerprint density at radius 1 is 0.591 bits per heavy atom. The zero-order valence-electron chi connectivity index (χ0n) is 57.3. The van der Waals surface area contributed by atoms with E-state index in [0.717, 1.165) is 39.4 Å². The van der Waals surface area contributed by atoms with Crippen molar-refractivity contribution >= 4 is 11.0 Å². The van der Waals surface area contributed by atoms with E-state index in [1.807, 2.05) is 146 Å². The zero-order chi connectivity index (χ0) is 62.7. The van der Waals surface area contributed by atoms with Gasteiger partial charge in [-0.05, 0) is 96.8 Å². The molecule has 1 N–H and O–H groups in total. The summed E-state index contributed by atoms with van der Waals surface area (Å²) in [6, 6.07) is 40.1. The first-order valence-corrected chi connectivity index (χ1v) is 21.5. The predicted octanol–water partition coefficient (Wildman–Crippen LogP) is 16.6. The van der Waals surface area contributed by atoms with Crippen LogP contribution in [0.5, 0.6) is 5.75 Å². The van der Waals surface area contributed by atoms with E-state index in [1.165, 1.54) is 4.57 Å². The van der Waals surface area contributed by atoms with E-state index >= 15 is 0 Å². The summed E-state index contributed by atoms with van der Waals surface area (Å²) < 4.78 is 168. The third kappa shape index (κ3) is 9.63. The van der Waals surface area contributed by atoms with Crippen molar-refractivity contribution in [1.29, 1.82) is 0 Å². The van der Waals surface area contributed by atoms with Crippen LogP contribution >= 0.6 is 0 Å². The van der Waals surface area contributed by atoms with E-state index < -0.39 is 96.9 Å². The van der Waals surface area contributed by atoms with Crippen LogP contribution in [-0.4, -0.2) is 19.6 Å². The van der Waals surface area contributed by atoms with Gasteiger partial charge in [0.15, 0.2) is 0 Å². The second kappa shape index (κ2) is 17.9. The van der Waals surface area contributed by atoms with Crippen LogP contribution in [0.4, 0.5) is 0 Å². The first-order valence-electron chi connectivity index (χ1n) is 31.0. The molecule has 0 amide bonds. The molecule has 4 nitrogen and oxygen atoms in total. The number of pyridine rings is 1. The van der Waals surface area contributed by atoms with Crippen molar-refractivity contribution in [2.45, 2.75) is 124 Å². The second-order valence-corrected chi connectivity index (χ2v) is 19.2. The Hall–Kier alpha value is -5.57. The summed E-state index contributed by atoms with van der Waals surface area (Å²) in [5, 5.41) is 13.1. The quantitative estimate of drug-likeness (QED) is 0.162. The number of para-hydroxylation sites is 1. The molecule has 8 rings (SSSR count). The first-order chi connectivity index (χ1) is 38.3. The average molecular weight is 1070 g/mol. The van der Waals surface area contributed by atoms with E-state index in [-0.39, 0.29) is 32.1 Å². The molecule has 66 heavy (non-hydrogen) atoms. The van der Waals surface area contributed by atoms with E-state index in [1.54, 1.807) is 30.5 Å². The van der Waals surface area contributed by atoms with E-state index in [2.05, 4.69) is 6.07 Å². The van der Waals surface area contributed by atoms with Gasteiger partial charge in [0.2, 0.25) is 0 Å². The molecular weight excluding hydrogens is 986 g/mol. The monoisotopic (exact) mass is 1070 g/mol. The van der Waals surface area contributed by atoms with Crippen LogP contribution in [0.15, 0.2) is 134 Å². The van der Waals surface area contributed by atoms with Gasteiger partial charge in [0.05, 0.1) is 22.3 Å². The minimum Gasteiger partial charge on any atom is -0.507 e. The second-order valence-electron chi connectivity index (χ2n) is 19.2. The summed E-state index contributed by atoms with van der Waals surface area (Å²) in [5.41, 5.74) is -4.51. The topological polar surface area (TPSA) is 50.9 Å². The number of phenolic OH excluding ortho intramolecular Hbond substituents is 1. The molecule has 0 saturated carbocycles. The minimum atomic E-state index is -4.14. The molecular formula is C61H66N3OPt-. The number of aromatic hydroxyl groups is 1. The average Bonchev–Trinajstić information content (AvgIpc) is 1.21. The largest absolute Gasteiger partial charge is 0.507 e. The normalized spacial score (nSPS) is 18.0. The van der Waals surface area contributed by atoms with Crippen molar-refractivity contribution < 1.29 is 52.2 Å². The number of imidazole rings is 1. The Morgan fingerprint density at radius 3 is 1.88 bits per heavy atom. The number of fused-ring (bicyclic) bond motifs is 1. The molecule has 0 aliphatic heterocycles. The molecule has 8 aromatic rings. The summed E-state index contributed by atoms with van der Waals surface area (Å²) in [6.45, 7) is -9.07. The van der Waals surface area contributed by atoms with Crippen LogP contribution in [0.1, 0.15) is 156 Å². The molecule has 0 aliphatic rings. The van der Waals surface area contributed by atoms with Crippen LogP contribution < -0.4 is 0 Å². The van der Waals surface area contributed by atoms with Crippen molar-refractivity contribution in [3.63, 3.8) is 0 Å². The predicted molar refractivity (Wildman–Crippen MR) is 275 cm³/mol. The molecule has 2 aromatic heterocycles. The maximum atomic E-state index is 13.1. The Balaban J connectivity index is 0.0000104. The summed E-state index contributed by atoms with van der Waals surface area (Å²) >= 11 is 0. The number of phenols is 1. The number of hydrogen-bond acceptors (Lipinski definition) is 3. The minimum absolute atomic E-state index is 0. The Morgan fingerprint density at radius 2 is 1.23 bits per heavy atom. The maximum Gasteiger partial charge on any atom is 0.148 e. The van der Waals surface area contributed by atoms with Crippen molar-refractivity contribution in [1.82, 2.24) is 14.5 Å². The van der Waals surface area contributed by atoms with Crippen LogP contribution in [0, 0.1) is 6.07 Å². The molecule has 0 aliphatic carbocycles. The van der Waals surface area contributed by atoms with Gasteiger partial charge in [-0.3, -0.25) is 9.55 Å². The van der Waals surface area contributed by atoms with Crippen molar-refractivity contribution in [2.75, 3.05) is 0 Å². The molecule has 0 atom stereocenters. The van der Waals surface area contributed by atoms with Gasteiger partial charge in [0.1, 0.15) is 11.6 Å². The Kier molecular flexibility index (Phi) is 7.94. The summed E-state index contributed by atoms with van der Waals surface area (Å²) in [4.78, 5) is 9.99. The SMILES string of the molecule is [2H]C(C)(C)c1ccc(-c2ccnc(-c3[c-]c(-c4cccc5c4nc(-c4cc(C(C([2H])([2H])[2H])(C([2H])([2H])[2H])C([2H])([2H])[2H])cc(C(C([2H])([2H])[2H])(C([2H])([2H])[2H])C([2H])([2H])[2H])c4O)n5-c4ccc(-c5ccccc5)cc4C(C)(C)C)cc(C(C)(C)C)c3)c2)cc1.[Pt]. The van der Waals surface area contributed by atoms with Crippen LogP contribution in [0.2, 0.25) is 0 Å². The molecule has 0 bridgehead atoms. The van der Waals surface area contributed by atoms with Gasteiger partial charge < -0.3 is 5.11 Å². The number of nitrogens with zero attached hydrogens (tertiary/aromatic N) is 3. The van der Waals surface area contributed by atoms with Gasteiger partial charge in [0.25, 0.3) is 0 Å².